The summed E-state index contributed by atoms with van der Waals surface area (Å²) >= 11 is 0. The molecule has 0 fully saturated rings. The van der Waals surface area contributed by atoms with E-state index in [0.717, 1.165) is 16.5 Å². The van der Waals surface area contributed by atoms with Crippen LogP contribution in [-0.4, -0.2) is 16.8 Å². The number of aliphatic hydroxyl groups is 1. The molecule has 0 saturated heterocycles. The summed E-state index contributed by atoms with van der Waals surface area (Å²) in [5.41, 5.74) is 1.64. The Bertz CT molecular complexity index is 1010. The first-order valence-electron chi connectivity index (χ1n) is 9.51. The molecule has 3 heterocycles. The van der Waals surface area contributed by atoms with Crippen molar-refractivity contribution in [3.8, 4) is 11.5 Å². The Morgan fingerprint density at radius 3 is 2.56 bits per heavy atom. The molecule has 0 saturated carbocycles. The zero-order chi connectivity index (χ0) is 19.7. The van der Waals surface area contributed by atoms with Crippen LogP contribution in [0.3, 0.4) is 0 Å². The Balaban J connectivity index is 2.20. The van der Waals surface area contributed by atoms with Gasteiger partial charge in [0, 0.05) is 12.0 Å². The van der Waals surface area contributed by atoms with Crippen LogP contribution in [-0.2, 0) is 0 Å². The van der Waals surface area contributed by atoms with Gasteiger partial charge in [0.05, 0.1) is 22.6 Å². The Morgan fingerprint density at radius 2 is 1.89 bits per heavy atom. The van der Waals surface area contributed by atoms with Crippen LogP contribution < -0.4 is 15.1 Å². The lowest BCUT2D eigenvalue weighted by Crippen LogP contribution is -2.34. The Morgan fingerprint density at radius 1 is 1.19 bits per heavy atom. The lowest BCUT2D eigenvalue weighted by molar-refractivity contribution is 0.0173. The van der Waals surface area contributed by atoms with Gasteiger partial charge in [-0.15, -0.1) is 0 Å². The van der Waals surface area contributed by atoms with Crippen molar-refractivity contribution in [2.24, 2.45) is 5.92 Å². The lowest BCUT2D eigenvalue weighted by atomic mass is 9.84. The molecule has 2 aromatic rings. The van der Waals surface area contributed by atoms with E-state index in [1.807, 2.05) is 53.7 Å². The number of ether oxygens (including phenoxy) is 2. The largest absolute Gasteiger partial charge is 0.489 e. The monoisotopic (exact) mass is 370 g/mol. The van der Waals surface area contributed by atoms with E-state index in [0.29, 0.717) is 22.6 Å². The summed E-state index contributed by atoms with van der Waals surface area (Å²) in [5, 5.41) is 11.8. The lowest BCUT2D eigenvalue weighted by Gasteiger charge is -2.37. The van der Waals surface area contributed by atoms with Gasteiger partial charge in [0.25, 0.3) is 0 Å². The van der Waals surface area contributed by atoms with E-state index in [4.69, 9.17) is 13.9 Å². The molecule has 2 aliphatic rings. The number of rotatable bonds is 1. The Kier molecular flexibility index (Phi) is 3.93. The number of benzene rings is 1. The number of fused-ring (bicyclic) bond motifs is 6. The number of aliphatic hydroxyl groups excluding tert-OH is 1. The molecule has 0 bridgehead atoms. The fraction of sp³-hybridized carbons (Fsp3) is 0.500. The first-order chi connectivity index (χ1) is 12.6. The molecule has 5 nitrogen and oxygen atoms in total. The second-order valence-electron chi connectivity index (χ2n) is 8.53. The van der Waals surface area contributed by atoms with E-state index in [-0.39, 0.29) is 17.9 Å². The van der Waals surface area contributed by atoms with E-state index in [2.05, 4.69) is 0 Å². The fourth-order valence-corrected chi connectivity index (χ4v) is 3.92. The van der Waals surface area contributed by atoms with Crippen LogP contribution in [0.4, 0.5) is 0 Å². The Hall–Kier alpha value is -2.27. The van der Waals surface area contributed by atoms with Gasteiger partial charge in [-0.05, 0) is 44.4 Å². The zero-order valence-electron chi connectivity index (χ0n) is 16.6. The maximum Gasteiger partial charge on any atom is 0.336 e. The van der Waals surface area contributed by atoms with Gasteiger partial charge in [0.1, 0.15) is 23.2 Å². The molecule has 0 aliphatic carbocycles. The molecule has 2 aliphatic heterocycles. The molecule has 0 amide bonds. The summed E-state index contributed by atoms with van der Waals surface area (Å²) < 4.78 is 18.1. The SMILES string of the molecule is CC(C)c1cc(=O)oc2c3c(c4c(c12)OC(C)(C)C=C4)O[C@H](C)[C@H](C)[C@@H]3O. The third-order valence-electron chi connectivity index (χ3n) is 5.67. The van der Waals surface area contributed by atoms with Crippen molar-refractivity contribution in [3.63, 3.8) is 0 Å². The van der Waals surface area contributed by atoms with Crippen LogP contribution in [0.5, 0.6) is 11.5 Å². The van der Waals surface area contributed by atoms with E-state index < -0.39 is 17.3 Å². The molecule has 1 N–H and O–H groups in total. The van der Waals surface area contributed by atoms with Crippen molar-refractivity contribution < 1.29 is 19.0 Å². The first-order valence-corrected chi connectivity index (χ1v) is 9.51. The molecular formula is C22H26O5. The van der Waals surface area contributed by atoms with Gasteiger partial charge in [-0.1, -0.05) is 20.8 Å². The van der Waals surface area contributed by atoms with Gasteiger partial charge in [0.15, 0.2) is 5.58 Å². The van der Waals surface area contributed by atoms with Gasteiger partial charge in [-0.3, -0.25) is 0 Å². The standard InChI is InChI=1S/C22H26O5/c1-10(2)14-9-15(23)26-21-16(14)20-13(7-8-22(5,6)27-20)19-17(21)18(24)11(3)12(4)25-19/h7-12,18,24H,1-6H3/t11-,12+,18-/m0/s1. The molecule has 1 aromatic carbocycles. The zero-order valence-corrected chi connectivity index (χ0v) is 16.6. The number of hydrogen-bond acceptors (Lipinski definition) is 5. The molecule has 0 spiro atoms. The fourth-order valence-electron chi connectivity index (χ4n) is 3.92. The topological polar surface area (TPSA) is 68.9 Å². The molecule has 144 valence electrons. The van der Waals surface area contributed by atoms with Crippen molar-refractivity contribution in [3.05, 3.63) is 39.3 Å². The van der Waals surface area contributed by atoms with Crippen LogP contribution in [0.1, 0.15) is 70.3 Å². The van der Waals surface area contributed by atoms with E-state index >= 15 is 0 Å². The summed E-state index contributed by atoms with van der Waals surface area (Å²) in [4.78, 5) is 12.3. The Labute approximate surface area is 158 Å². The highest BCUT2D eigenvalue weighted by Crippen LogP contribution is 2.52. The van der Waals surface area contributed by atoms with Crippen molar-refractivity contribution >= 4 is 17.0 Å². The van der Waals surface area contributed by atoms with E-state index in [1.165, 1.54) is 6.07 Å². The first kappa shape index (κ1) is 18.1. The maximum absolute atomic E-state index is 12.3. The van der Waals surface area contributed by atoms with Crippen LogP contribution in [0, 0.1) is 5.92 Å². The molecular weight excluding hydrogens is 344 g/mol. The van der Waals surface area contributed by atoms with Crippen LogP contribution in [0.2, 0.25) is 0 Å². The predicted molar refractivity (Wildman–Crippen MR) is 105 cm³/mol. The van der Waals surface area contributed by atoms with Crippen LogP contribution >= 0.6 is 0 Å². The highest BCUT2D eigenvalue weighted by Gasteiger charge is 2.40. The van der Waals surface area contributed by atoms with Crippen molar-refractivity contribution in [1.29, 1.82) is 0 Å². The summed E-state index contributed by atoms with van der Waals surface area (Å²) in [7, 11) is 0. The van der Waals surface area contributed by atoms with E-state index in [1.54, 1.807) is 0 Å². The van der Waals surface area contributed by atoms with Gasteiger partial charge >= 0.3 is 5.63 Å². The molecule has 27 heavy (non-hydrogen) atoms. The van der Waals surface area contributed by atoms with Crippen molar-refractivity contribution in [2.45, 2.75) is 65.3 Å². The van der Waals surface area contributed by atoms with Gasteiger partial charge < -0.3 is 19.0 Å². The third-order valence-corrected chi connectivity index (χ3v) is 5.67. The van der Waals surface area contributed by atoms with Crippen LogP contribution in [0.15, 0.2) is 21.4 Å². The van der Waals surface area contributed by atoms with Crippen molar-refractivity contribution in [2.75, 3.05) is 0 Å². The van der Waals surface area contributed by atoms with Crippen molar-refractivity contribution in [1.82, 2.24) is 0 Å². The van der Waals surface area contributed by atoms with Gasteiger partial charge in [0.2, 0.25) is 0 Å². The molecule has 4 rings (SSSR count). The normalized spacial score (nSPS) is 25.7. The minimum Gasteiger partial charge on any atom is -0.489 e. The third kappa shape index (κ3) is 2.67. The molecule has 1 aromatic heterocycles. The summed E-state index contributed by atoms with van der Waals surface area (Å²) in [6.07, 6.45) is 3.01. The second-order valence-corrected chi connectivity index (χ2v) is 8.53. The quantitative estimate of drug-likeness (QED) is 0.746. The maximum atomic E-state index is 12.3. The minimum absolute atomic E-state index is 0.0920. The minimum atomic E-state index is -0.787. The molecule has 5 heteroatoms. The highest BCUT2D eigenvalue weighted by atomic mass is 16.5. The van der Waals surface area contributed by atoms with Gasteiger partial charge in [-0.25, -0.2) is 4.79 Å². The molecule has 3 atom stereocenters. The van der Waals surface area contributed by atoms with Crippen LogP contribution in [0.25, 0.3) is 17.0 Å². The average Bonchev–Trinajstić information content (AvgIpc) is 2.57. The van der Waals surface area contributed by atoms with Gasteiger partial charge in [-0.2, -0.15) is 0 Å². The smallest absolute Gasteiger partial charge is 0.336 e. The predicted octanol–water partition coefficient (Wildman–Crippen LogP) is 4.55. The summed E-state index contributed by atoms with van der Waals surface area (Å²) in [6, 6.07) is 1.52. The summed E-state index contributed by atoms with van der Waals surface area (Å²) in [5.74, 6) is 1.16. The molecule has 0 unspecified atom stereocenters. The highest BCUT2D eigenvalue weighted by molar-refractivity contribution is 5.97. The second kappa shape index (κ2) is 5.86. The molecule has 0 radical (unpaired) electrons. The number of hydrogen-bond donors (Lipinski definition) is 1. The van der Waals surface area contributed by atoms with E-state index in [9.17, 15) is 9.90 Å². The summed E-state index contributed by atoms with van der Waals surface area (Å²) in [6.45, 7) is 11.9. The average molecular weight is 370 g/mol.